The summed E-state index contributed by atoms with van der Waals surface area (Å²) in [6.07, 6.45) is 2.79. The molecule has 0 spiro atoms. The van der Waals surface area contributed by atoms with Gasteiger partial charge in [0.25, 0.3) is 0 Å². The molecular formula is C21H22O3. The summed E-state index contributed by atoms with van der Waals surface area (Å²) in [7, 11) is 3.28. The molecule has 0 atom stereocenters. The second kappa shape index (κ2) is 7.20. The summed E-state index contributed by atoms with van der Waals surface area (Å²) in [5, 5.41) is 1.93. The smallest absolute Gasteiger partial charge is 0.136 e. The molecule has 3 heteroatoms. The van der Waals surface area contributed by atoms with Crippen LogP contribution in [0.25, 0.3) is 10.8 Å². The van der Waals surface area contributed by atoms with Crippen molar-refractivity contribution in [1.82, 2.24) is 0 Å². The summed E-state index contributed by atoms with van der Waals surface area (Å²) in [6.45, 7) is 7.69. The monoisotopic (exact) mass is 322 g/mol. The molecule has 0 aliphatic carbocycles. The molecule has 0 heterocycles. The van der Waals surface area contributed by atoms with Crippen molar-refractivity contribution >= 4 is 10.8 Å². The Morgan fingerprint density at radius 1 is 0.917 bits per heavy atom. The van der Waals surface area contributed by atoms with Crippen LogP contribution in [0.5, 0.6) is 11.5 Å². The lowest BCUT2D eigenvalue weighted by atomic mass is 9.98. The van der Waals surface area contributed by atoms with Gasteiger partial charge in [0, 0.05) is 16.3 Å². The van der Waals surface area contributed by atoms with Crippen molar-refractivity contribution in [3.63, 3.8) is 0 Å². The lowest BCUT2D eigenvalue weighted by Crippen LogP contribution is -2.15. The number of fused-ring (bicyclic) bond motifs is 1. The van der Waals surface area contributed by atoms with Crippen molar-refractivity contribution in [3.05, 3.63) is 35.4 Å². The zero-order valence-corrected chi connectivity index (χ0v) is 15.0. The number of ether oxygens (including phenoxy) is 3. The van der Waals surface area contributed by atoms with Crippen LogP contribution in [0, 0.1) is 23.9 Å². The first-order valence-corrected chi connectivity index (χ1v) is 7.70. The molecule has 2 rings (SSSR count). The van der Waals surface area contributed by atoms with E-state index < -0.39 is 0 Å². The van der Waals surface area contributed by atoms with Gasteiger partial charge < -0.3 is 14.2 Å². The first-order valence-electron chi connectivity index (χ1n) is 7.70. The van der Waals surface area contributed by atoms with Crippen molar-refractivity contribution < 1.29 is 14.2 Å². The molecule has 3 nitrogen and oxygen atoms in total. The second-order valence-electron chi connectivity index (χ2n) is 6.23. The maximum atomic E-state index is 5.53. The molecule has 0 radical (unpaired) electrons. The van der Waals surface area contributed by atoms with Crippen LogP contribution in [-0.2, 0) is 4.74 Å². The minimum Gasteiger partial charge on any atom is -0.497 e. The van der Waals surface area contributed by atoms with Gasteiger partial charge in [-0.05, 0) is 57.9 Å². The van der Waals surface area contributed by atoms with Crippen LogP contribution in [0.3, 0.4) is 0 Å². The van der Waals surface area contributed by atoms with Gasteiger partial charge in [0.1, 0.15) is 23.2 Å². The van der Waals surface area contributed by atoms with Gasteiger partial charge in [-0.1, -0.05) is 5.92 Å². The molecule has 0 fully saturated rings. The second-order valence-corrected chi connectivity index (χ2v) is 6.23. The third kappa shape index (κ3) is 3.94. The van der Waals surface area contributed by atoms with Gasteiger partial charge in [-0.2, -0.15) is 0 Å². The number of methoxy groups -OCH3 is 2. The zero-order chi connectivity index (χ0) is 17.7. The Morgan fingerprint density at radius 2 is 1.67 bits per heavy atom. The van der Waals surface area contributed by atoms with E-state index in [0.717, 1.165) is 27.6 Å². The molecule has 0 amide bonds. The van der Waals surface area contributed by atoms with Crippen molar-refractivity contribution in [1.29, 1.82) is 0 Å². The predicted octanol–water partition coefficient (Wildman–Crippen LogP) is 4.35. The van der Waals surface area contributed by atoms with E-state index in [2.05, 4.69) is 23.9 Å². The van der Waals surface area contributed by atoms with E-state index in [9.17, 15) is 0 Å². The van der Waals surface area contributed by atoms with Gasteiger partial charge in [0.2, 0.25) is 0 Å². The molecule has 2 aromatic rings. The van der Waals surface area contributed by atoms with E-state index in [4.69, 9.17) is 14.2 Å². The number of benzene rings is 2. The highest BCUT2D eigenvalue weighted by molar-refractivity contribution is 5.96. The maximum Gasteiger partial charge on any atom is 0.136 e. The predicted molar refractivity (Wildman–Crippen MR) is 97.3 cm³/mol. The average Bonchev–Trinajstić information content (AvgIpc) is 2.54. The molecule has 0 N–H and O–H groups in total. The molecular weight excluding hydrogens is 300 g/mol. The van der Waals surface area contributed by atoms with Crippen LogP contribution >= 0.6 is 0 Å². The van der Waals surface area contributed by atoms with E-state index >= 15 is 0 Å². The van der Waals surface area contributed by atoms with Gasteiger partial charge in [0.05, 0.1) is 19.8 Å². The van der Waals surface area contributed by atoms with Gasteiger partial charge in [-0.25, -0.2) is 0 Å². The van der Waals surface area contributed by atoms with E-state index in [1.54, 1.807) is 14.2 Å². The van der Waals surface area contributed by atoms with Gasteiger partial charge >= 0.3 is 0 Å². The highest BCUT2D eigenvalue weighted by Gasteiger charge is 2.13. The van der Waals surface area contributed by atoms with Crippen LogP contribution in [0.15, 0.2) is 24.3 Å². The van der Waals surface area contributed by atoms with Crippen LogP contribution < -0.4 is 9.47 Å². The Labute approximate surface area is 143 Å². The van der Waals surface area contributed by atoms with Crippen LogP contribution in [0.2, 0.25) is 0 Å². The van der Waals surface area contributed by atoms with E-state index in [0.29, 0.717) is 5.75 Å². The third-order valence-electron chi connectivity index (χ3n) is 3.32. The Balaban J connectivity index is 2.72. The highest BCUT2D eigenvalue weighted by atomic mass is 16.5. The summed E-state index contributed by atoms with van der Waals surface area (Å²) in [5.41, 5.74) is 1.33. The normalized spacial score (nSPS) is 10.2. The lowest BCUT2D eigenvalue weighted by Gasteiger charge is -2.15. The summed E-state index contributed by atoms with van der Waals surface area (Å²) in [4.78, 5) is 0. The zero-order valence-electron chi connectivity index (χ0n) is 15.0. The van der Waals surface area contributed by atoms with Gasteiger partial charge in [-0.15, -0.1) is 5.92 Å². The van der Waals surface area contributed by atoms with Crippen LogP contribution in [-0.4, -0.2) is 19.8 Å². The molecule has 24 heavy (non-hydrogen) atoms. The quantitative estimate of drug-likeness (QED) is 0.769. The first kappa shape index (κ1) is 17.6. The van der Waals surface area contributed by atoms with E-state index in [1.807, 2.05) is 52.0 Å². The fourth-order valence-electron chi connectivity index (χ4n) is 2.26. The van der Waals surface area contributed by atoms with E-state index in [1.165, 1.54) is 0 Å². The first-order chi connectivity index (χ1) is 11.4. The fourth-order valence-corrected chi connectivity index (χ4v) is 2.26. The molecule has 0 unspecified atom stereocenters. The maximum absolute atomic E-state index is 5.53. The molecule has 124 valence electrons. The topological polar surface area (TPSA) is 27.7 Å². The third-order valence-corrected chi connectivity index (χ3v) is 3.32. The largest absolute Gasteiger partial charge is 0.497 e. The summed E-state index contributed by atoms with van der Waals surface area (Å²) < 4.78 is 16.4. The Hall–Kier alpha value is -2.78. The van der Waals surface area contributed by atoms with Gasteiger partial charge in [0.15, 0.2) is 0 Å². The van der Waals surface area contributed by atoms with E-state index in [-0.39, 0.29) is 5.60 Å². The summed E-state index contributed by atoms with van der Waals surface area (Å²) in [6, 6.07) is 7.74. The number of hydrogen-bond acceptors (Lipinski definition) is 3. The van der Waals surface area contributed by atoms with Crippen LogP contribution in [0.4, 0.5) is 0 Å². The van der Waals surface area contributed by atoms with Crippen molar-refractivity contribution in [2.24, 2.45) is 0 Å². The lowest BCUT2D eigenvalue weighted by molar-refractivity contribution is 0.0963. The molecule has 2 aromatic carbocycles. The van der Waals surface area contributed by atoms with Crippen molar-refractivity contribution in [2.75, 3.05) is 14.2 Å². The molecule has 0 aliphatic rings. The van der Waals surface area contributed by atoms with Gasteiger partial charge in [-0.3, -0.25) is 0 Å². The van der Waals surface area contributed by atoms with Crippen molar-refractivity contribution in [2.45, 2.75) is 33.3 Å². The minimum atomic E-state index is -0.327. The van der Waals surface area contributed by atoms with Crippen molar-refractivity contribution in [3.8, 4) is 35.4 Å². The summed E-state index contributed by atoms with van der Waals surface area (Å²) >= 11 is 0. The van der Waals surface area contributed by atoms with Crippen LogP contribution in [0.1, 0.15) is 38.8 Å². The molecule has 0 bridgehead atoms. The number of hydrogen-bond donors (Lipinski definition) is 0. The summed E-state index contributed by atoms with van der Waals surface area (Å²) in [5.74, 6) is 10.6. The Kier molecular flexibility index (Phi) is 5.27. The number of rotatable bonds is 2. The molecule has 0 aliphatic heterocycles. The molecule has 0 saturated carbocycles. The average molecular weight is 322 g/mol. The standard InChI is InChI=1S/C21H22O3/c1-7-8-15-13-20(23-6)18(11-12-24-21(2,3)4)17-10-9-16(22-5)14-19(15)17/h9-10,13-14H,1-6H3. The Morgan fingerprint density at radius 3 is 2.25 bits per heavy atom. The highest BCUT2D eigenvalue weighted by Crippen LogP contribution is 2.33. The SMILES string of the molecule is CC#Cc1cc(OC)c(C#COC(C)(C)C)c2ccc(OC)cc12. The Bertz CT molecular complexity index is 866. The minimum absolute atomic E-state index is 0.327. The fraction of sp³-hybridized carbons (Fsp3) is 0.333. The molecule has 0 aromatic heterocycles. The molecule has 0 saturated heterocycles.